The highest BCUT2D eigenvalue weighted by molar-refractivity contribution is 9.10. The highest BCUT2D eigenvalue weighted by Gasteiger charge is 2.36. The van der Waals surface area contributed by atoms with Gasteiger partial charge in [0.2, 0.25) is 0 Å². The van der Waals surface area contributed by atoms with E-state index in [2.05, 4.69) is 20.7 Å². The van der Waals surface area contributed by atoms with E-state index in [9.17, 15) is 14.4 Å². The molecular weight excluding hydrogens is 474 g/mol. The molecule has 0 saturated carbocycles. The fraction of sp³-hybridized carbons (Fsp3) is 0.190. The second kappa shape index (κ2) is 9.82. The highest BCUT2D eigenvalue weighted by Crippen LogP contribution is 2.39. The number of esters is 1. The summed E-state index contributed by atoms with van der Waals surface area (Å²) in [4.78, 5) is 37.0. The van der Waals surface area contributed by atoms with Crippen LogP contribution in [-0.4, -0.2) is 42.8 Å². The van der Waals surface area contributed by atoms with Crippen molar-refractivity contribution in [3.8, 4) is 11.5 Å². The maximum atomic E-state index is 12.5. The minimum absolute atomic E-state index is 0.204. The molecule has 30 heavy (non-hydrogen) atoms. The SMILES string of the molecule is COC(=O)CN1C(=O)S/C(=C/c2cc(Br)c(OCc3ccccc3)c(OC)c2)C1=O. The minimum Gasteiger partial charge on any atom is -0.493 e. The summed E-state index contributed by atoms with van der Waals surface area (Å²) in [5.41, 5.74) is 1.64. The molecule has 0 N–H and O–H groups in total. The van der Waals surface area contributed by atoms with Gasteiger partial charge in [-0.3, -0.25) is 19.3 Å². The lowest BCUT2D eigenvalue weighted by molar-refractivity contribution is -0.143. The van der Waals surface area contributed by atoms with Gasteiger partial charge in [0.1, 0.15) is 13.2 Å². The third kappa shape index (κ3) is 5.03. The summed E-state index contributed by atoms with van der Waals surface area (Å²) in [7, 11) is 2.72. The molecular formula is C21H18BrNO6S. The molecule has 1 aliphatic rings. The van der Waals surface area contributed by atoms with Crippen molar-refractivity contribution in [2.75, 3.05) is 20.8 Å². The summed E-state index contributed by atoms with van der Waals surface area (Å²) in [6.07, 6.45) is 1.57. The van der Waals surface area contributed by atoms with Gasteiger partial charge in [-0.1, -0.05) is 30.3 Å². The first-order chi connectivity index (χ1) is 14.4. The molecule has 0 aliphatic carbocycles. The third-order valence-electron chi connectivity index (χ3n) is 4.16. The number of hydrogen-bond donors (Lipinski definition) is 0. The average Bonchev–Trinajstić information content (AvgIpc) is 3.00. The average molecular weight is 492 g/mol. The van der Waals surface area contributed by atoms with Crippen LogP contribution in [0, 0.1) is 0 Å². The van der Waals surface area contributed by atoms with Gasteiger partial charge in [-0.2, -0.15) is 0 Å². The van der Waals surface area contributed by atoms with Crippen molar-refractivity contribution in [1.29, 1.82) is 0 Å². The lowest BCUT2D eigenvalue weighted by atomic mass is 10.1. The summed E-state index contributed by atoms with van der Waals surface area (Å²) in [6.45, 7) is -0.0562. The first kappa shape index (κ1) is 21.9. The molecule has 0 atom stereocenters. The van der Waals surface area contributed by atoms with E-state index in [0.717, 1.165) is 22.2 Å². The molecule has 156 valence electrons. The Bertz CT molecular complexity index is 1010. The van der Waals surface area contributed by atoms with Crippen LogP contribution in [0.1, 0.15) is 11.1 Å². The van der Waals surface area contributed by atoms with E-state index in [-0.39, 0.29) is 4.91 Å². The molecule has 2 aromatic carbocycles. The smallest absolute Gasteiger partial charge is 0.325 e. The van der Waals surface area contributed by atoms with Crippen LogP contribution in [0.25, 0.3) is 6.08 Å². The quantitative estimate of drug-likeness (QED) is 0.422. The predicted octanol–water partition coefficient (Wildman–Crippen LogP) is 4.25. The summed E-state index contributed by atoms with van der Waals surface area (Å²) in [5.74, 6) is -0.213. The van der Waals surface area contributed by atoms with Crippen molar-refractivity contribution in [2.24, 2.45) is 0 Å². The fourth-order valence-electron chi connectivity index (χ4n) is 2.67. The van der Waals surface area contributed by atoms with Crippen molar-refractivity contribution in [3.63, 3.8) is 0 Å². The Kier molecular flexibility index (Phi) is 7.17. The van der Waals surface area contributed by atoms with Gasteiger partial charge in [-0.15, -0.1) is 0 Å². The van der Waals surface area contributed by atoms with E-state index >= 15 is 0 Å². The van der Waals surface area contributed by atoms with Gasteiger partial charge in [0.05, 0.1) is 23.6 Å². The number of ether oxygens (including phenoxy) is 3. The Morgan fingerprint density at radius 2 is 1.90 bits per heavy atom. The molecule has 0 radical (unpaired) electrons. The molecule has 2 aromatic rings. The molecule has 0 bridgehead atoms. The molecule has 7 nitrogen and oxygen atoms in total. The van der Waals surface area contributed by atoms with Crippen LogP contribution in [0.3, 0.4) is 0 Å². The number of imide groups is 1. The monoisotopic (exact) mass is 491 g/mol. The maximum Gasteiger partial charge on any atom is 0.325 e. The minimum atomic E-state index is -0.664. The molecule has 1 saturated heterocycles. The van der Waals surface area contributed by atoms with E-state index in [1.807, 2.05) is 30.3 Å². The van der Waals surface area contributed by atoms with Crippen LogP contribution in [0.4, 0.5) is 4.79 Å². The van der Waals surface area contributed by atoms with Gasteiger partial charge in [0.15, 0.2) is 11.5 Å². The second-order valence-electron chi connectivity index (χ2n) is 6.15. The number of carbonyl (C=O) groups excluding carboxylic acids is 3. The number of rotatable bonds is 7. The van der Waals surface area contributed by atoms with E-state index in [0.29, 0.717) is 28.1 Å². The van der Waals surface area contributed by atoms with Crippen molar-refractivity contribution in [1.82, 2.24) is 4.90 Å². The standard InChI is InChI=1S/C21H18BrNO6S/c1-27-16-9-14(8-15(22)19(16)29-12-13-6-4-3-5-7-13)10-17-20(25)23(21(26)30-17)11-18(24)28-2/h3-10H,11-12H2,1-2H3/b17-10+. The van der Waals surface area contributed by atoms with Crippen LogP contribution in [0.15, 0.2) is 51.8 Å². The Morgan fingerprint density at radius 3 is 2.57 bits per heavy atom. The summed E-state index contributed by atoms with van der Waals surface area (Å²) < 4.78 is 16.5. The molecule has 1 fully saturated rings. The molecule has 0 spiro atoms. The topological polar surface area (TPSA) is 82.1 Å². The first-order valence-electron chi connectivity index (χ1n) is 8.79. The molecule has 0 unspecified atom stereocenters. The molecule has 2 amide bonds. The summed E-state index contributed by atoms with van der Waals surface area (Å²) in [6, 6.07) is 13.2. The largest absolute Gasteiger partial charge is 0.493 e. The second-order valence-corrected chi connectivity index (χ2v) is 8.00. The predicted molar refractivity (Wildman–Crippen MR) is 116 cm³/mol. The zero-order valence-electron chi connectivity index (χ0n) is 16.2. The molecule has 0 aromatic heterocycles. The van der Waals surface area contributed by atoms with Crippen LogP contribution >= 0.6 is 27.7 Å². The van der Waals surface area contributed by atoms with Crippen molar-refractivity contribution < 1.29 is 28.6 Å². The van der Waals surface area contributed by atoms with Gasteiger partial charge in [-0.25, -0.2) is 0 Å². The zero-order valence-corrected chi connectivity index (χ0v) is 18.6. The molecule has 1 aliphatic heterocycles. The van der Waals surface area contributed by atoms with Crippen LogP contribution in [0.2, 0.25) is 0 Å². The number of carbonyl (C=O) groups is 3. The lowest BCUT2D eigenvalue weighted by Crippen LogP contribution is -2.34. The Balaban J connectivity index is 1.81. The van der Waals surface area contributed by atoms with Crippen molar-refractivity contribution in [2.45, 2.75) is 6.61 Å². The van der Waals surface area contributed by atoms with Gasteiger partial charge in [-0.05, 0) is 57.0 Å². The summed E-state index contributed by atoms with van der Waals surface area (Å²) in [5, 5.41) is -0.523. The number of hydrogen-bond acceptors (Lipinski definition) is 7. The summed E-state index contributed by atoms with van der Waals surface area (Å²) >= 11 is 4.24. The van der Waals surface area contributed by atoms with Crippen molar-refractivity contribution in [3.05, 3.63) is 63.0 Å². The number of benzene rings is 2. The van der Waals surface area contributed by atoms with E-state index in [1.54, 1.807) is 18.2 Å². The molecule has 9 heteroatoms. The first-order valence-corrected chi connectivity index (χ1v) is 10.4. The van der Waals surface area contributed by atoms with E-state index in [4.69, 9.17) is 9.47 Å². The van der Waals surface area contributed by atoms with Crippen molar-refractivity contribution >= 4 is 50.9 Å². The molecule has 3 rings (SSSR count). The van der Waals surface area contributed by atoms with Crippen LogP contribution in [-0.2, 0) is 20.9 Å². The highest BCUT2D eigenvalue weighted by atomic mass is 79.9. The van der Waals surface area contributed by atoms with E-state index < -0.39 is 23.7 Å². The van der Waals surface area contributed by atoms with Crippen LogP contribution < -0.4 is 9.47 Å². The van der Waals surface area contributed by atoms with Gasteiger partial charge in [0.25, 0.3) is 11.1 Å². The fourth-order valence-corrected chi connectivity index (χ4v) is 4.09. The number of nitrogens with zero attached hydrogens (tertiary/aromatic N) is 1. The van der Waals surface area contributed by atoms with E-state index in [1.165, 1.54) is 14.2 Å². The number of thioether (sulfide) groups is 1. The third-order valence-corrected chi connectivity index (χ3v) is 5.66. The van der Waals surface area contributed by atoms with Crippen LogP contribution in [0.5, 0.6) is 11.5 Å². The number of halogens is 1. The zero-order chi connectivity index (χ0) is 21.7. The maximum absolute atomic E-state index is 12.5. The van der Waals surface area contributed by atoms with Gasteiger partial charge < -0.3 is 14.2 Å². The Morgan fingerprint density at radius 1 is 1.17 bits per heavy atom. The lowest BCUT2D eigenvalue weighted by Gasteiger charge is -2.14. The Labute approximate surface area is 186 Å². The number of amides is 2. The van der Waals surface area contributed by atoms with Gasteiger partial charge in [0, 0.05) is 0 Å². The molecule has 1 heterocycles. The Hall–Kier alpha value is -2.78. The normalized spacial score (nSPS) is 14.9. The number of methoxy groups -OCH3 is 2. The van der Waals surface area contributed by atoms with Gasteiger partial charge >= 0.3 is 5.97 Å².